The molecule has 0 unspecified atom stereocenters. The topological polar surface area (TPSA) is 58.7 Å². The predicted octanol–water partition coefficient (Wildman–Crippen LogP) is 3.66. The molecule has 120 valence electrons. The summed E-state index contributed by atoms with van der Waals surface area (Å²) in [7, 11) is 0. The third-order valence-corrected chi connectivity index (χ3v) is 4.90. The van der Waals surface area contributed by atoms with Gasteiger partial charge in [-0.2, -0.15) is 5.26 Å². The van der Waals surface area contributed by atoms with Crippen molar-refractivity contribution in [1.29, 1.82) is 5.26 Å². The molecule has 0 spiro atoms. The van der Waals surface area contributed by atoms with Gasteiger partial charge in [0.25, 0.3) is 5.56 Å². The third kappa shape index (κ3) is 3.34. The van der Waals surface area contributed by atoms with Gasteiger partial charge in [0.05, 0.1) is 22.7 Å². The normalized spacial score (nSPS) is 10.7. The first-order chi connectivity index (χ1) is 11.7. The number of para-hydroxylation sites is 1. The molecule has 0 N–H and O–H groups in total. The average Bonchev–Trinajstić information content (AvgIpc) is 2.60. The molecule has 0 saturated carbocycles. The summed E-state index contributed by atoms with van der Waals surface area (Å²) < 4.78 is 1.48. The van der Waals surface area contributed by atoms with Crippen LogP contribution in [0.2, 0.25) is 0 Å². The van der Waals surface area contributed by atoms with E-state index in [0.29, 0.717) is 22.5 Å². The van der Waals surface area contributed by atoms with E-state index in [9.17, 15) is 4.79 Å². The number of thioether (sulfide) groups is 1. The monoisotopic (exact) mass is 335 g/mol. The minimum Gasteiger partial charge on any atom is -0.281 e. The van der Waals surface area contributed by atoms with Gasteiger partial charge in [0.2, 0.25) is 0 Å². The maximum absolute atomic E-state index is 12.6. The van der Waals surface area contributed by atoms with Crippen molar-refractivity contribution >= 4 is 22.7 Å². The molecule has 3 aromatic rings. The summed E-state index contributed by atoms with van der Waals surface area (Å²) in [5.74, 6) is 2.09. The molecule has 0 radical (unpaired) electrons. The molecule has 4 nitrogen and oxygen atoms in total. The van der Waals surface area contributed by atoms with Gasteiger partial charge in [-0.15, -0.1) is 11.8 Å². The molecular formula is C19H17N3OS. The molecule has 0 aliphatic carbocycles. The Labute approximate surface area is 144 Å². The lowest BCUT2D eigenvalue weighted by Crippen LogP contribution is -2.24. The Morgan fingerprint density at radius 2 is 1.88 bits per heavy atom. The predicted molar refractivity (Wildman–Crippen MR) is 97.8 cm³/mol. The second-order valence-corrected chi connectivity index (χ2v) is 6.50. The SMILES string of the molecule is Cc1ccccc1CSCc1nc2ccccc2c(=O)n1CC#N. The van der Waals surface area contributed by atoms with Gasteiger partial charge in [-0.05, 0) is 30.2 Å². The Morgan fingerprint density at radius 3 is 2.67 bits per heavy atom. The standard InChI is InChI=1S/C19H17N3OS/c1-14-6-2-3-7-15(14)12-24-13-18-21-17-9-5-4-8-16(17)19(23)22(18)11-10-20/h2-9H,11-13H2,1H3. The van der Waals surface area contributed by atoms with Crippen LogP contribution in [-0.4, -0.2) is 9.55 Å². The molecule has 0 bridgehead atoms. The fourth-order valence-corrected chi connectivity index (χ4v) is 3.63. The molecule has 0 aliphatic rings. The number of benzene rings is 2. The third-order valence-electron chi connectivity index (χ3n) is 3.92. The highest BCUT2D eigenvalue weighted by molar-refractivity contribution is 7.97. The molecule has 0 fully saturated rings. The minimum atomic E-state index is -0.145. The van der Waals surface area contributed by atoms with E-state index in [-0.39, 0.29) is 12.1 Å². The number of rotatable bonds is 5. The van der Waals surface area contributed by atoms with E-state index < -0.39 is 0 Å². The summed E-state index contributed by atoms with van der Waals surface area (Å²) in [6.07, 6.45) is 0. The van der Waals surface area contributed by atoms with Gasteiger partial charge in [-0.25, -0.2) is 4.98 Å². The van der Waals surface area contributed by atoms with Gasteiger partial charge < -0.3 is 0 Å². The summed E-state index contributed by atoms with van der Waals surface area (Å²) >= 11 is 1.70. The Kier molecular flexibility index (Phi) is 4.97. The first-order valence-electron chi connectivity index (χ1n) is 7.68. The quantitative estimate of drug-likeness (QED) is 0.714. The first-order valence-corrected chi connectivity index (χ1v) is 8.84. The molecule has 3 rings (SSSR count). The zero-order chi connectivity index (χ0) is 16.9. The van der Waals surface area contributed by atoms with Crippen molar-refractivity contribution in [2.24, 2.45) is 0 Å². The van der Waals surface area contributed by atoms with Gasteiger partial charge in [0.15, 0.2) is 0 Å². The van der Waals surface area contributed by atoms with Crippen molar-refractivity contribution < 1.29 is 0 Å². The molecule has 24 heavy (non-hydrogen) atoms. The van der Waals surface area contributed by atoms with E-state index in [1.165, 1.54) is 15.7 Å². The summed E-state index contributed by atoms with van der Waals surface area (Å²) in [5, 5.41) is 9.59. The molecule has 1 aromatic heterocycles. The van der Waals surface area contributed by atoms with Crippen LogP contribution < -0.4 is 5.56 Å². The van der Waals surface area contributed by atoms with Crippen LogP contribution in [0.5, 0.6) is 0 Å². The zero-order valence-electron chi connectivity index (χ0n) is 13.4. The Morgan fingerprint density at radius 1 is 1.12 bits per heavy atom. The minimum absolute atomic E-state index is 0.0247. The van der Waals surface area contributed by atoms with Crippen LogP contribution in [0, 0.1) is 18.3 Å². The summed E-state index contributed by atoms with van der Waals surface area (Å²) in [6, 6.07) is 17.6. The first kappa shape index (κ1) is 16.3. The fourth-order valence-electron chi connectivity index (χ4n) is 2.58. The maximum Gasteiger partial charge on any atom is 0.262 e. The van der Waals surface area contributed by atoms with Gasteiger partial charge in [-0.1, -0.05) is 36.4 Å². The lowest BCUT2D eigenvalue weighted by atomic mass is 10.1. The molecular weight excluding hydrogens is 318 g/mol. The molecule has 5 heteroatoms. The van der Waals surface area contributed by atoms with Gasteiger partial charge in [0, 0.05) is 5.75 Å². The van der Waals surface area contributed by atoms with E-state index in [4.69, 9.17) is 5.26 Å². The molecule has 0 aliphatic heterocycles. The van der Waals surface area contributed by atoms with Crippen LogP contribution in [0.25, 0.3) is 10.9 Å². The van der Waals surface area contributed by atoms with Gasteiger partial charge in [0.1, 0.15) is 12.4 Å². The van der Waals surface area contributed by atoms with Crippen molar-refractivity contribution in [3.05, 3.63) is 75.8 Å². The number of aryl methyl sites for hydroxylation is 1. The van der Waals surface area contributed by atoms with Crippen LogP contribution in [0.3, 0.4) is 0 Å². The second-order valence-electron chi connectivity index (χ2n) is 5.51. The summed E-state index contributed by atoms with van der Waals surface area (Å²) in [6.45, 7) is 2.12. The van der Waals surface area contributed by atoms with Crippen LogP contribution in [0.1, 0.15) is 17.0 Å². The lowest BCUT2D eigenvalue weighted by molar-refractivity contribution is 0.730. The van der Waals surface area contributed by atoms with Crippen molar-refractivity contribution in [2.75, 3.05) is 0 Å². The van der Waals surface area contributed by atoms with E-state index in [2.05, 4.69) is 30.1 Å². The molecule has 2 aromatic carbocycles. The van der Waals surface area contributed by atoms with Gasteiger partial charge >= 0.3 is 0 Å². The molecule has 1 heterocycles. The number of nitriles is 1. The van der Waals surface area contributed by atoms with Crippen LogP contribution >= 0.6 is 11.8 Å². The van der Waals surface area contributed by atoms with E-state index >= 15 is 0 Å². The maximum atomic E-state index is 12.6. The van der Waals surface area contributed by atoms with E-state index in [1.54, 1.807) is 17.8 Å². The highest BCUT2D eigenvalue weighted by Gasteiger charge is 2.10. The Balaban J connectivity index is 1.88. The second kappa shape index (κ2) is 7.33. The Bertz CT molecular complexity index is 972. The van der Waals surface area contributed by atoms with E-state index in [1.807, 2.05) is 30.3 Å². The molecule has 0 amide bonds. The van der Waals surface area contributed by atoms with Gasteiger partial charge in [-0.3, -0.25) is 9.36 Å². The van der Waals surface area contributed by atoms with Crippen molar-refractivity contribution in [2.45, 2.75) is 25.0 Å². The highest BCUT2D eigenvalue weighted by atomic mass is 32.2. The fraction of sp³-hybridized carbons (Fsp3) is 0.211. The van der Waals surface area contributed by atoms with Crippen LogP contribution in [0.4, 0.5) is 0 Å². The number of aromatic nitrogens is 2. The van der Waals surface area contributed by atoms with Crippen molar-refractivity contribution in [1.82, 2.24) is 9.55 Å². The smallest absolute Gasteiger partial charge is 0.262 e. The molecule has 0 saturated heterocycles. The number of hydrogen-bond acceptors (Lipinski definition) is 4. The van der Waals surface area contributed by atoms with Crippen LogP contribution in [-0.2, 0) is 18.1 Å². The number of fused-ring (bicyclic) bond motifs is 1. The van der Waals surface area contributed by atoms with E-state index in [0.717, 1.165) is 5.75 Å². The number of nitrogens with zero attached hydrogens (tertiary/aromatic N) is 3. The number of hydrogen-bond donors (Lipinski definition) is 0. The molecule has 0 atom stereocenters. The largest absolute Gasteiger partial charge is 0.281 e. The highest BCUT2D eigenvalue weighted by Crippen LogP contribution is 2.20. The lowest BCUT2D eigenvalue weighted by Gasteiger charge is -2.11. The van der Waals surface area contributed by atoms with Crippen molar-refractivity contribution in [3.63, 3.8) is 0 Å². The zero-order valence-corrected chi connectivity index (χ0v) is 14.2. The summed E-state index contributed by atoms with van der Waals surface area (Å²) in [4.78, 5) is 17.2. The van der Waals surface area contributed by atoms with Crippen molar-refractivity contribution in [3.8, 4) is 6.07 Å². The average molecular weight is 335 g/mol. The summed E-state index contributed by atoms with van der Waals surface area (Å²) in [5.41, 5.74) is 3.07. The Hall–Kier alpha value is -2.58. The van der Waals surface area contributed by atoms with Crippen LogP contribution in [0.15, 0.2) is 53.3 Å².